The maximum absolute atomic E-state index is 12.6. The van der Waals surface area contributed by atoms with E-state index in [0.29, 0.717) is 5.56 Å². The van der Waals surface area contributed by atoms with Crippen LogP contribution in [-0.4, -0.2) is 9.97 Å². The highest BCUT2D eigenvalue weighted by atomic mass is 19.4. The van der Waals surface area contributed by atoms with E-state index < -0.39 is 11.7 Å². The molecule has 1 heterocycles. The number of nitrogen functional groups attached to an aromatic ring is 1. The van der Waals surface area contributed by atoms with E-state index in [1.807, 2.05) is 0 Å². The molecule has 0 atom stereocenters. The van der Waals surface area contributed by atoms with Crippen molar-refractivity contribution in [2.75, 3.05) is 5.43 Å². The van der Waals surface area contributed by atoms with Gasteiger partial charge in [0, 0.05) is 18.0 Å². The molecular weight excluding hydrogens is 245 g/mol. The lowest BCUT2D eigenvalue weighted by Crippen LogP contribution is -2.11. The summed E-state index contributed by atoms with van der Waals surface area (Å²) in [4.78, 5) is 7.86. The van der Waals surface area contributed by atoms with Crippen LogP contribution in [0, 0.1) is 0 Å². The number of nitrogens with two attached hydrogens (primary N) is 1. The molecule has 0 aliphatic heterocycles. The molecule has 2 aromatic rings. The van der Waals surface area contributed by atoms with Gasteiger partial charge in [0.15, 0.2) is 5.82 Å². The quantitative estimate of drug-likeness (QED) is 0.638. The average Bonchev–Trinajstić information content (AvgIpc) is 2.38. The van der Waals surface area contributed by atoms with E-state index in [1.54, 1.807) is 0 Å². The topological polar surface area (TPSA) is 63.8 Å². The number of aromatic nitrogens is 2. The zero-order chi connectivity index (χ0) is 13.2. The van der Waals surface area contributed by atoms with E-state index in [4.69, 9.17) is 5.84 Å². The fourth-order valence-electron chi connectivity index (χ4n) is 1.50. The molecule has 0 aliphatic rings. The van der Waals surface area contributed by atoms with E-state index in [-0.39, 0.29) is 11.5 Å². The highest BCUT2D eigenvalue weighted by Gasteiger charge is 2.30. The summed E-state index contributed by atoms with van der Waals surface area (Å²) in [6.07, 6.45) is -1.61. The number of rotatable bonds is 2. The van der Waals surface area contributed by atoms with Gasteiger partial charge in [0.05, 0.1) is 5.56 Å². The molecule has 0 radical (unpaired) electrons. The number of halogens is 3. The minimum absolute atomic E-state index is 0.219. The molecule has 0 fully saturated rings. The Bertz CT molecular complexity index is 554. The van der Waals surface area contributed by atoms with Crippen LogP contribution < -0.4 is 11.3 Å². The molecule has 2 rings (SSSR count). The Kier molecular flexibility index (Phi) is 3.15. The van der Waals surface area contributed by atoms with Crippen molar-refractivity contribution in [3.63, 3.8) is 0 Å². The minimum atomic E-state index is -4.39. The first kappa shape index (κ1) is 12.3. The van der Waals surface area contributed by atoms with Gasteiger partial charge in [-0.3, -0.25) is 4.98 Å². The van der Waals surface area contributed by atoms with Gasteiger partial charge in [0.2, 0.25) is 0 Å². The molecule has 0 bridgehead atoms. The summed E-state index contributed by atoms with van der Waals surface area (Å²) in [6.45, 7) is 0. The predicted molar refractivity (Wildman–Crippen MR) is 60.3 cm³/mol. The maximum atomic E-state index is 12.6. The summed E-state index contributed by atoms with van der Waals surface area (Å²) in [5.74, 6) is 5.46. The number of hydrogen-bond acceptors (Lipinski definition) is 4. The van der Waals surface area contributed by atoms with Crippen LogP contribution in [0.1, 0.15) is 5.56 Å². The number of nitrogens with zero attached hydrogens (tertiary/aromatic N) is 2. The van der Waals surface area contributed by atoms with Crippen molar-refractivity contribution in [3.05, 3.63) is 42.2 Å². The molecule has 4 nitrogen and oxygen atoms in total. The summed E-state index contributed by atoms with van der Waals surface area (Å²) in [5, 5.41) is 0. The predicted octanol–water partition coefficient (Wildman–Crippen LogP) is 2.45. The Morgan fingerprint density at radius 3 is 2.50 bits per heavy atom. The molecule has 0 aliphatic carbocycles. The monoisotopic (exact) mass is 254 g/mol. The fourth-order valence-corrected chi connectivity index (χ4v) is 1.50. The van der Waals surface area contributed by atoms with Crippen molar-refractivity contribution in [1.29, 1.82) is 0 Å². The summed E-state index contributed by atoms with van der Waals surface area (Å²) in [5.41, 5.74) is 2.12. The molecule has 1 aromatic heterocycles. The lowest BCUT2D eigenvalue weighted by Gasteiger charge is -2.10. The van der Waals surface area contributed by atoms with Crippen LogP contribution in [-0.2, 0) is 6.18 Å². The van der Waals surface area contributed by atoms with Crippen LogP contribution in [0.25, 0.3) is 11.3 Å². The Morgan fingerprint density at radius 2 is 1.83 bits per heavy atom. The van der Waals surface area contributed by atoms with Crippen molar-refractivity contribution in [2.45, 2.75) is 6.18 Å². The highest BCUT2D eigenvalue weighted by molar-refractivity contribution is 5.71. The van der Waals surface area contributed by atoms with Crippen LogP contribution in [0.15, 0.2) is 36.7 Å². The fraction of sp³-hybridized carbons (Fsp3) is 0.0909. The Morgan fingerprint density at radius 1 is 1.11 bits per heavy atom. The summed E-state index contributed by atoms with van der Waals surface area (Å²) in [6, 6.07) is 4.83. The molecule has 0 spiro atoms. The third-order valence-electron chi connectivity index (χ3n) is 2.30. The van der Waals surface area contributed by atoms with Crippen molar-refractivity contribution in [2.24, 2.45) is 5.84 Å². The molecule has 0 unspecified atom stereocenters. The van der Waals surface area contributed by atoms with Crippen LogP contribution in [0.2, 0.25) is 0 Å². The van der Waals surface area contributed by atoms with Gasteiger partial charge in [-0.2, -0.15) is 13.2 Å². The van der Waals surface area contributed by atoms with Crippen LogP contribution in [0.3, 0.4) is 0 Å². The molecular formula is C11H9F3N4. The molecule has 1 aromatic carbocycles. The smallest absolute Gasteiger partial charge is 0.307 e. The summed E-state index contributed by atoms with van der Waals surface area (Å²) < 4.78 is 37.8. The van der Waals surface area contributed by atoms with Crippen LogP contribution in [0.4, 0.5) is 19.0 Å². The second-order valence-corrected chi connectivity index (χ2v) is 3.48. The Labute approximate surface area is 101 Å². The molecule has 7 heteroatoms. The highest BCUT2D eigenvalue weighted by Crippen LogP contribution is 2.32. The van der Waals surface area contributed by atoms with Gasteiger partial charge in [-0.05, 0) is 12.1 Å². The van der Waals surface area contributed by atoms with Gasteiger partial charge >= 0.3 is 6.18 Å². The number of anilines is 1. The number of nitrogens with one attached hydrogen (secondary N) is 1. The molecule has 94 valence electrons. The van der Waals surface area contributed by atoms with Gasteiger partial charge in [0.1, 0.15) is 5.69 Å². The SMILES string of the molecule is NNc1nccnc1-c1cccc(C(F)(F)F)c1. The maximum Gasteiger partial charge on any atom is 0.416 e. The second-order valence-electron chi connectivity index (χ2n) is 3.48. The van der Waals surface area contributed by atoms with Crippen molar-refractivity contribution >= 4 is 5.82 Å². The summed E-state index contributed by atoms with van der Waals surface area (Å²) in [7, 11) is 0. The number of alkyl halides is 3. The average molecular weight is 254 g/mol. The van der Waals surface area contributed by atoms with Gasteiger partial charge in [-0.25, -0.2) is 10.8 Å². The van der Waals surface area contributed by atoms with E-state index in [2.05, 4.69) is 15.4 Å². The number of hydrazine groups is 1. The van der Waals surface area contributed by atoms with E-state index >= 15 is 0 Å². The minimum Gasteiger partial charge on any atom is -0.307 e. The molecule has 0 amide bonds. The van der Waals surface area contributed by atoms with Gasteiger partial charge in [0.25, 0.3) is 0 Å². The van der Waals surface area contributed by atoms with Crippen molar-refractivity contribution in [1.82, 2.24) is 9.97 Å². The number of benzene rings is 1. The van der Waals surface area contributed by atoms with Crippen molar-refractivity contribution in [3.8, 4) is 11.3 Å². The largest absolute Gasteiger partial charge is 0.416 e. The lowest BCUT2D eigenvalue weighted by molar-refractivity contribution is -0.137. The van der Waals surface area contributed by atoms with Gasteiger partial charge in [-0.1, -0.05) is 12.1 Å². The molecule has 3 N–H and O–H groups in total. The molecule has 0 saturated carbocycles. The first-order chi connectivity index (χ1) is 8.52. The Hall–Kier alpha value is -2.15. The zero-order valence-electron chi connectivity index (χ0n) is 9.07. The van der Waals surface area contributed by atoms with Crippen molar-refractivity contribution < 1.29 is 13.2 Å². The zero-order valence-corrected chi connectivity index (χ0v) is 9.07. The van der Waals surface area contributed by atoms with Gasteiger partial charge in [-0.15, -0.1) is 0 Å². The third-order valence-corrected chi connectivity index (χ3v) is 2.30. The van der Waals surface area contributed by atoms with Crippen LogP contribution >= 0.6 is 0 Å². The molecule has 0 saturated heterocycles. The van der Waals surface area contributed by atoms with Crippen LogP contribution in [0.5, 0.6) is 0 Å². The second kappa shape index (κ2) is 4.61. The summed E-state index contributed by atoms with van der Waals surface area (Å²) >= 11 is 0. The normalized spacial score (nSPS) is 11.3. The number of hydrogen-bond donors (Lipinski definition) is 2. The third kappa shape index (κ3) is 2.40. The first-order valence-electron chi connectivity index (χ1n) is 4.97. The molecule has 18 heavy (non-hydrogen) atoms. The van der Waals surface area contributed by atoms with E-state index in [0.717, 1.165) is 12.1 Å². The standard InChI is InChI=1S/C11H9F3N4/c12-11(13,14)8-3-1-2-7(6-8)9-10(18-15)17-5-4-16-9/h1-6H,15H2,(H,17,18). The van der Waals surface area contributed by atoms with E-state index in [9.17, 15) is 13.2 Å². The first-order valence-corrected chi connectivity index (χ1v) is 4.97. The van der Waals surface area contributed by atoms with Gasteiger partial charge < -0.3 is 5.43 Å². The van der Waals surface area contributed by atoms with E-state index in [1.165, 1.54) is 24.5 Å². The Balaban J connectivity index is 2.51. The lowest BCUT2D eigenvalue weighted by atomic mass is 10.1.